The first-order valence-electron chi connectivity index (χ1n) is 8.81. The number of benzene rings is 2. The first-order valence-corrected chi connectivity index (χ1v) is 10.5. The van der Waals surface area contributed by atoms with Gasteiger partial charge in [0.25, 0.3) is 0 Å². The molecular weight excluding hydrogens is 392 g/mol. The molecule has 0 bridgehead atoms. The van der Waals surface area contributed by atoms with Crippen molar-refractivity contribution in [2.45, 2.75) is 16.5 Å². The SMILES string of the molecule is COCCNc1nnc(SC(C(=O)Nc2ccc(C)cc2)c2ccccc2)s1. The van der Waals surface area contributed by atoms with Crippen LogP contribution in [0.1, 0.15) is 16.4 Å². The Hall–Kier alpha value is -2.42. The molecule has 8 heteroatoms. The van der Waals surface area contributed by atoms with E-state index in [4.69, 9.17) is 4.74 Å². The van der Waals surface area contributed by atoms with Crippen LogP contribution in [0.5, 0.6) is 0 Å². The Morgan fingerprint density at radius 1 is 1.14 bits per heavy atom. The van der Waals surface area contributed by atoms with Crippen molar-refractivity contribution in [2.24, 2.45) is 0 Å². The van der Waals surface area contributed by atoms with Crippen LogP contribution in [0.15, 0.2) is 58.9 Å². The van der Waals surface area contributed by atoms with Gasteiger partial charge in [-0.25, -0.2) is 0 Å². The van der Waals surface area contributed by atoms with E-state index in [9.17, 15) is 4.79 Å². The Morgan fingerprint density at radius 3 is 2.61 bits per heavy atom. The van der Waals surface area contributed by atoms with Crippen molar-refractivity contribution < 1.29 is 9.53 Å². The lowest BCUT2D eigenvalue weighted by Crippen LogP contribution is -2.19. The summed E-state index contributed by atoms with van der Waals surface area (Å²) in [6.07, 6.45) is 0. The maximum atomic E-state index is 13.0. The van der Waals surface area contributed by atoms with Gasteiger partial charge in [0.2, 0.25) is 11.0 Å². The smallest absolute Gasteiger partial charge is 0.242 e. The molecule has 0 saturated carbocycles. The van der Waals surface area contributed by atoms with Crippen LogP contribution in [0, 0.1) is 6.92 Å². The molecule has 6 nitrogen and oxygen atoms in total. The number of ether oxygens (including phenoxy) is 1. The molecule has 2 N–H and O–H groups in total. The summed E-state index contributed by atoms with van der Waals surface area (Å²) in [7, 11) is 1.65. The number of amides is 1. The summed E-state index contributed by atoms with van der Waals surface area (Å²) in [5.41, 5.74) is 2.84. The fourth-order valence-electron chi connectivity index (χ4n) is 2.44. The Balaban J connectivity index is 1.74. The minimum atomic E-state index is -0.428. The molecule has 1 aromatic heterocycles. The van der Waals surface area contributed by atoms with Gasteiger partial charge < -0.3 is 15.4 Å². The van der Waals surface area contributed by atoms with Crippen molar-refractivity contribution in [1.82, 2.24) is 10.2 Å². The van der Waals surface area contributed by atoms with Gasteiger partial charge >= 0.3 is 0 Å². The Bertz CT molecular complexity index is 885. The lowest BCUT2D eigenvalue weighted by molar-refractivity contribution is -0.115. The largest absolute Gasteiger partial charge is 0.383 e. The molecule has 0 saturated heterocycles. The van der Waals surface area contributed by atoms with Gasteiger partial charge in [-0.15, -0.1) is 10.2 Å². The number of nitrogens with one attached hydrogen (secondary N) is 2. The van der Waals surface area contributed by atoms with Crippen LogP contribution < -0.4 is 10.6 Å². The summed E-state index contributed by atoms with van der Waals surface area (Å²) in [6, 6.07) is 17.5. The van der Waals surface area contributed by atoms with Crippen molar-refractivity contribution in [3.8, 4) is 0 Å². The second-order valence-electron chi connectivity index (χ2n) is 6.06. The summed E-state index contributed by atoms with van der Waals surface area (Å²) < 4.78 is 5.75. The Kier molecular flexibility index (Phi) is 7.41. The van der Waals surface area contributed by atoms with Crippen LogP contribution in [0.25, 0.3) is 0 Å². The highest BCUT2D eigenvalue weighted by Gasteiger charge is 2.24. The van der Waals surface area contributed by atoms with Crippen LogP contribution in [0.3, 0.4) is 0 Å². The van der Waals surface area contributed by atoms with E-state index >= 15 is 0 Å². The predicted molar refractivity (Wildman–Crippen MR) is 115 cm³/mol. The minimum Gasteiger partial charge on any atom is -0.383 e. The molecule has 2 aromatic carbocycles. The number of thioether (sulfide) groups is 1. The fourth-order valence-corrected chi connectivity index (χ4v) is 4.40. The number of carbonyl (C=O) groups is 1. The van der Waals surface area contributed by atoms with Gasteiger partial charge in [-0.05, 0) is 24.6 Å². The van der Waals surface area contributed by atoms with E-state index in [-0.39, 0.29) is 5.91 Å². The second-order valence-corrected chi connectivity index (χ2v) is 8.39. The predicted octanol–water partition coefficient (Wildman–Crippen LogP) is 4.38. The van der Waals surface area contributed by atoms with E-state index in [2.05, 4.69) is 20.8 Å². The summed E-state index contributed by atoms with van der Waals surface area (Å²) in [4.78, 5) is 13.0. The van der Waals surface area contributed by atoms with E-state index in [1.54, 1.807) is 7.11 Å². The number of rotatable bonds is 9. The van der Waals surface area contributed by atoms with Gasteiger partial charge in [0.1, 0.15) is 5.25 Å². The number of anilines is 2. The van der Waals surface area contributed by atoms with Crippen LogP contribution in [-0.2, 0) is 9.53 Å². The van der Waals surface area contributed by atoms with Crippen LogP contribution in [-0.4, -0.2) is 36.4 Å². The topological polar surface area (TPSA) is 76.1 Å². The molecular formula is C20H22N4O2S2. The van der Waals surface area contributed by atoms with Crippen LogP contribution >= 0.6 is 23.1 Å². The van der Waals surface area contributed by atoms with Crippen molar-refractivity contribution in [3.63, 3.8) is 0 Å². The van der Waals surface area contributed by atoms with Gasteiger partial charge in [0, 0.05) is 19.3 Å². The maximum Gasteiger partial charge on any atom is 0.242 e. The molecule has 0 radical (unpaired) electrons. The number of carbonyl (C=O) groups excluding carboxylic acids is 1. The Labute approximate surface area is 172 Å². The number of aromatic nitrogens is 2. The highest BCUT2D eigenvalue weighted by Crippen LogP contribution is 2.38. The number of aryl methyl sites for hydroxylation is 1. The van der Waals surface area contributed by atoms with Gasteiger partial charge in [-0.2, -0.15) is 0 Å². The van der Waals surface area contributed by atoms with Gasteiger partial charge in [-0.1, -0.05) is 71.1 Å². The molecule has 0 aliphatic carbocycles. The molecule has 28 heavy (non-hydrogen) atoms. The molecule has 0 aliphatic heterocycles. The van der Waals surface area contributed by atoms with E-state index in [0.717, 1.165) is 21.2 Å². The number of methoxy groups -OCH3 is 1. The van der Waals surface area contributed by atoms with E-state index in [0.29, 0.717) is 18.3 Å². The zero-order valence-electron chi connectivity index (χ0n) is 15.7. The minimum absolute atomic E-state index is 0.0934. The monoisotopic (exact) mass is 414 g/mol. The summed E-state index contributed by atoms with van der Waals surface area (Å²) in [5, 5.41) is 14.8. The molecule has 1 heterocycles. The van der Waals surface area contributed by atoms with E-state index in [1.807, 2.05) is 61.5 Å². The molecule has 3 rings (SSSR count). The molecule has 1 atom stereocenters. The molecule has 3 aromatic rings. The van der Waals surface area contributed by atoms with E-state index in [1.165, 1.54) is 23.1 Å². The highest BCUT2D eigenvalue weighted by molar-refractivity contribution is 8.02. The van der Waals surface area contributed by atoms with Gasteiger partial charge in [0.15, 0.2) is 4.34 Å². The first kappa shape index (κ1) is 20.3. The van der Waals surface area contributed by atoms with Crippen molar-refractivity contribution in [2.75, 3.05) is 30.9 Å². The van der Waals surface area contributed by atoms with Crippen LogP contribution in [0.4, 0.5) is 10.8 Å². The molecule has 0 aliphatic rings. The van der Waals surface area contributed by atoms with Crippen LogP contribution in [0.2, 0.25) is 0 Å². The summed E-state index contributed by atoms with van der Waals surface area (Å²) in [5.74, 6) is -0.0934. The first-order chi connectivity index (χ1) is 13.7. The summed E-state index contributed by atoms with van der Waals surface area (Å²) >= 11 is 2.82. The summed E-state index contributed by atoms with van der Waals surface area (Å²) in [6.45, 7) is 3.27. The molecule has 146 valence electrons. The lowest BCUT2D eigenvalue weighted by atomic mass is 10.1. The fraction of sp³-hybridized carbons (Fsp3) is 0.250. The molecule has 1 unspecified atom stereocenters. The number of hydrogen-bond donors (Lipinski definition) is 2. The second kappa shape index (κ2) is 10.2. The average molecular weight is 415 g/mol. The Morgan fingerprint density at radius 2 is 1.89 bits per heavy atom. The molecule has 0 spiro atoms. The zero-order valence-corrected chi connectivity index (χ0v) is 17.3. The molecule has 0 fully saturated rings. The molecule has 1 amide bonds. The van der Waals surface area contributed by atoms with Gasteiger partial charge in [-0.3, -0.25) is 4.79 Å². The number of hydrogen-bond acceptors (Lipinski definition) is 7. The number of nitrogens with zero attached hydrogens (tertiary/aromatic N) is 2. The van der Waals surface area contributed by atoms with Crippen molar-refractivity contribution >= 4 is 39.8 Å². The highest BCUT2D eigenvalue weighted by atomic mass is 32.2. The third-order valence-corrected chi connectivity index (χ3v) is 6.09. The van der Waals surface area contributed by atoms with Crippen molar-refractivity contribution in [1.29, 1.82) is 0 Å². The standard InChI is InChI=1S/C20H22N4O2S2/c1-14-8-10-16(11-9-14)22-18(25)17(15-6-4-3-5-7-15)27-20-24-23-19(28-20)21-12-13-26-2/h3-11,17H,12-13H2,1-2H3,(H,21,23)(H,22,25). The third-order valence-electron chi connectivity index (χ3n) is 3.87. The lowest BCUT2D eigenvalue weighted by Gasteiger charge is -2.15. The quantitative estimate of drug-likeness (QED) is 0.400. The zero-order chi connectivity index (χ0) is 19.8. The maximum absolute atomic E-state index is 13.0. The normalized spacial score (nSPS) is 11.8. The van der Waals surface area contributed by atoms with Gasteiger partial charge in [0.05, 0.1) is 6.61 Å². The van der Waals surface area contributed by atoms with Crippen molar-refractivity contribution in [3.05, 3.63) is 65.7 Å². The average Bonchev–Trinajstić information content (AvgIpc) is 3.16. The van der Waals surface area contributed by atoms with E-state index < -0.39 is 5.25 Å². The third kappa shape index (κ3) is 5.79.